The van der Waals surface area contributed by atoms with Crippen molar-refractivity contribution in [3.8, 4) is 0 Å². The van der Waals surface area contributed by atoms with Gasteiger partial charge in [-0.2, -0.15) is 5.10 Å². The van der Waals surface area contributed by atoms with Crippen LogP contribution in [-0.4, -0.2) is 68.2 Å². The molecular weight excluding hydrogens is 438 g/mol. The number of pyridine rings is 1. The van der Waals surface area contributed by atoms with E-state index in [1.807, 2.05) is 6.07 Å². The molecule has 4 aromatic rings. The zero-order valence-corrected chi connectivity index (χ0v) is 19.1. The lowest BCUT2D eigenvalue weighted by molar-refractivity contribution is -0.0217. The summed E-state index contributed by atoms with van der Waals surface area (Å²) in [5, 5.41) is 12.5. The molecule has 7 rings (SSSR count). The minimum Gasteiger partial charge on any atom is -0.379 e. The van der Waals surface area contributed by atoms with Gasteiger partial charge in [-0.25, -0.2) is 15.0 Å². The van der Waals surface area contributed by atoms with E-state index in [-0.39, 0.29) is 6.23 Å². The fourth-order valence-electron chi connectivity index (χ4n) is 5.40. The second kappa shape index (κ2) is 7.69. The quantitative estimate of drug-likeness (QED) is 0.445. The Morgan fingerprint density at radius 1 is 1.24 bits per heavy atom. The highest BCUT2D eigenvalue weighted by Crippen LogP contribution is 2.45. The Hall–Kier alpha value is -2.66. The van der Waals surface area contributed by atoms with Gasteiger partial charge in [0.05, 0.1) is 36.7 Å². The van der Waals surface area contributed by atoms with E-state index >= 15 is 0 Å². The minimum absolute atomic E-state index is 0.257. The summed E-state index contributed by atoms with van der Waals surface area (Å²) in [6, 6.07) is 2.46. The van der Waals surface area contributed by atoms with Crippen LogP contribution < -0.4 is 5.32 Å². The molecule has 3 aliphatic rings. The molecule has 4 aromatic heterocycles. The van der Waals surface area contributed by atoms with Crippen molar-refractivity contribution in [2.75, 3.05) is 25.1 Å². The van der Waals surface area contributed by atoms with E-state index in [0.717, 1.165) is 71.8 Å². The Kier molecular flexibility index (Phi) is 4.61. The summed E-state index contributed by atoms with van der Waals surface area (Å²) >= 11 is 1.80. The van der Waals surface area contributed by atoms with E-state index in [1.54, 1.807) is 30.1 Å². The Balaban J connectivity index is 1.14. The standard InChI is InChI=1S/C23H25N7O2S/c1-12-10-31-5-4-30(12)23-19(32-23)13-2-3-16-17(7-13)33-22-18(16)21(25-11-26-22)28-15-6-14-8-27-29-20(14)24-9-15/h6,8-9,11-13,19,23H,2-5,7,10H2,1H3,(H,24,27,29)(H,25,26,28)/t12-,13+,19?,23?/m1/s1. The highest BCUT2D eigenvalue weighted by molar-refractivity contribution is 7.19. The van der Waals surface area contributed by atoms with Crippen molar-refractivity contribution < 1.29 is 9.47 Å². The number of epoxide rings is 1. The molecule has 10 heteroatoms. The maximum Gasteiger partial charge on any atom is 0.155 e. The molecule has 2 aliphatic heterocycles. The van der Waals surface area contributed by atoms with Crippen LogP contribution in [0.25, 0.3) is 21.3 Å². The number of anilines is 2. The number of nitrogens with one attached hydrogen (secondary N) is 2. The molecule has 0 amide bonds. The van der Waals surface area contributed by atoms with Crippen LogP contribution in [-0.2, 0) is 22.3 Å². The van der Waals surface area contributed by atoms with Crippen molar-refractivity contribution in [1.29, 1.82) is 0 Å². The number of rotatable bonds is 4. The number of morpholine rings is 1. The van der Waals surface area contributed by atoms with Crippen molar-refractivity contribution in [3.05, 3.63) is 35.2 Å². The number of thiophene rings is 1. The molecule has 2 fully saturated rings. The number of fused-ring (bicyclic) bond motifs is 4. The predicted octanol–water partition coefficient (Wildman–Crippen LogP) is 3.26. The summed E-state index contributed by atoms with van der Waals surface area (Å²) in [5.74, 6) is 1.41. The molecule has 4 atom stereocenters. The molecule has 0 aromatic carbocycles. The summed E-state index contributed by atoms with van der Waals surface area (Å²) < 4.78 is 11.8. The first-order chi connectivity index (χ1) is 16.2. The molecule has 2 N–H and O–H groups in total. The third-order valence-electron chi connectivity index (χ3n) is 7.15. The Bertz CT molecular complexity index is 1340. The summed E-state index contributed by atoms with van der Waals surface area (Å²) in [4.78, 5) is 18.6. The molecule has 33 heavy (non-hydrogen) atoms. The number of aromatic amines is 1. The molecular formula is C23H25N7O2S. The molecule has 6 heterocycles. The number of nitrogens with zero attached hydrogens (tertiary/aromatic N) is 5. The van der Waals surface area contributed by atoms with Gasteiger partial charge in [0.15, 0.2) is 5.65 Å². The molecule has 0 radical (unpaired) electrons. The van der Waals surface area contributed by atoms with E-state index < -0.39 is 0 Å². The summed E-state index contributed by atoms with van der Waals surface area (Å²) in [5.41, 5.74) is 3.06. The first-order valence-electron chi connectivity index (χ1n) is 11.5. The summed E-state index contributed by atoms with van der Waals surface area (Å²) in [6.07, 6.45) is 9.04. The van der Waals surface area contributed by atoms with Crippen LogP contribution in [0.4, 0.5) is 11.5 Å². The van der Waals surface area contributed by atoms with E-state index in [4.69, 9.17) is 9.47 Å². The van der Waals surface area contributed by atoms with Gasteiger partial charge in [-0.15, -0.1) is 11.3 Å². The van der Waals surface area contributed by atoms with Gasteiger partial charge in [-0.05, 0) is 43.7 Å². The predicted molar refractivity (Wildman–Crippen MR) is 126 cm³/mol. The zero-order chi connectivity index (χ0) is 21.9. The molecule has 0 saturated carbocycles. The number of hydrogen-bond acceptors (Lipinski definition) is 9. The summed E-state index contributed by atoms with van der Waals surface area (Å²) in [6.45, 7) is 4.80. The molecule has 2 saturated heterocycles. The second-order valence-corrected chi connectivity index (χ2v) is 10.3. The molecule has 0 bridgehead atoms. The van der Waals surface area contributed by atoms with Crippen LogP contribution in [0.5, 0.6) is 0 Å². The monoisotopic (exact) mass is 463 g/mol. The van der Waals surface area contributed by atoms with Gasteiger partial charge in [0, 0.05) is 22.8 Å². The van der Waals surface area contributed by atoms with Crippen molar-refractivity contribution in [2.45, 2.75) is 44.6 Å². The van der Waals surface area contributed by atoms with Crippen molar-refractivity contribution in [2.24, 2.45) is 5.92 Å². The van der Waals surface area contributed by atoms with Crippen LogP contribution in [0.1, 0.15) is 23.8 Å². The lowest BCUT2D eigenvalue weighted by Crippen LogP contribution is -2.46. The van der Waals surface area contributed by atoms with Gasteiger partial charge in [-0.1, -0.05) is 0 Å². The van der Waals surface area contributed by atoms with Crippen LogP contribution in [0.2, 0.25) is 0 Å². The fourth-order valence-corrected chi connectivity index (χ4v) is 6.68. The highest BCUT2D eigenvalue weighted by atomic mass is 32.1. The highest BCUT2D eigenvalue weighted by Gasteiger charge is 2.50. The third-order valence-corrected chi connectivity index (χ3v) is 8.31. The maximum atomic E-state index is 6.21. The Morgan fingerprint density at radius 3 is 3.15 bits per heavy atom. The van der Waals surface area contributed by atoms with Gasteiger partial charge in [0.25, 0.3) is 0 Å². The van der Waals surface area contributed by atoms with Crippen LogP contribution in [0.3, 0.4) is 0 Å². The fraction of sp³-hybridized carbons (Fsp3) is 0.478. The number of hydrogen-bond donors (Lipinski definition) is 2. The smallest absolute Gasteiger partial charge is 0.155 e. The molecule has 170 valence electrons. The molecule has 2 unspecified atom stereocenters. The minimum atomic E-state index is 0.257. The Labute approximate surface area is 194 Å². The Morgan fingerprint density at radius 2 is 2.21 bits per heavy atom. The number of H-pyrrole nitrogens is 1. The molecule has 1 aliphatic carbocycles. The van der Waals surface area contributed by atoms with E-state index in [1.165, 1.54) is 10.4 Å². The van der Waals surface area contributed by atoms with Crippen LogP contribution in [0.15, 0.2) is 24.8 Å². The van der Waals surface area contributed by atoms with Gasteiger partial charge in [-0.3, -0.25) is 10.00 Å². The van der Waals surface area contributed by atoms with Gasteiger partial charge < -0.3 is 14.8 Å². The topological polar surface area (TPSA) is 104 Å². The number of ether oxygens (including phenoxy) is 2. The normalized spacial score (nSPS) is 27.7. The number of aryl methyl sites for hydroxylation is 1. The van der Waals surface area contributed by atoms with E-state index in [2.05, 4.69) is 42.3 Å². The average Bonchev–Trinajstić information content (AvgIpc) is 3.31. The molecule has 0 spiro atoms. The lowest BCUT2D eigenvalue weighted by Gasteiger charge is -2.32. The number of aromatic nitrogens is 5. The second-order valence-electron chi connectivity index (χ2n) is 9.22. The van der Waals surface area contributed by atoms with E-state index in [9.17, 15) is 0 Å². The summed E-state index contributed by atoms with van der Waals surface area (Å²) in [7, 11) is 0. The van der Waals surface area contributed by atoms with Crippen LogP contribution >= 0.6 is 11.3 Å². The third kappa shape index (κ3) is 3.40. The van der Waals surface area contributed by atoms with E-state index in [0.29, 0.717) is 18.1 Å². The van der Waals surface area contributed by atoms with Crippen molar-refractivity contribution >= 4 is 44.1 Å². The largest absolute Gasteiger partial charge is 0.379 e. The average molecular weight is 464 g/mol. The van der Waals surface area contributed by atoms with Crippen molar-refractivity contribution in [3.63, 3.8) is 0 Å². The van der Waals surface area contributed by atoms with Crippen LogP contribution in [0, 0.1) is 5.92 Å². The first-order valence-corrected chi connectivity index (χ1v) is 12.4. The first kappa shape index (κ1) is 19.8. The SMILES string of the molecule is C[C@@H]1COCCN1C1OC1[C@H]1CCc2c(sc3ncnc(Nc4cnc5[nH]ncc5c4)c23)C1. The maximum absolute atomic E-state index is 6.21. The zero-order valence-electron chi connectivity index (χ0n) is 18.3. The molecule has 9 nitrogen and oxygen atoms in total. The van der Waals surface area contributed by atoms with Gasteiger partial charge >= 0.3 is 0 Å². The van der Waals surface area contributed by atoms with Gasteiger partial charge in [0.2, 0.25) is 0 Å². The van der Waals surface area contributed by atoms with Gasteiger partial charge in [0.1, 0.15) is 29.3 Å². The van der Waals surface area contributed by atoms with Crippen molar-refractivity contribution in [1.82, 2.24) is 30.0 Å². The lowest BCUT2D eigenvalue weighted by atomic mass is 9.85.